The van der Waals surface area contributed by atoms with E-state index in [-0.39, 0.29) is 22.2 Å². The average Bonchev–Trinajstić information content (AvgIpc) is 3.18. The van der Waals surface area contributed by atoms with Crippen molar-refractivity contribution in [3.63, 3.8) is 0 Å². The Morgan fingerprint density at radius 1 is 1.16 bits per heavy atom. The number of aromatic nitrogens is 3. The van der Waals surface area contributed by atoms with Crippen molar-refractivity contribution < 1.29 is 14.5 Å². The van der Waals surface area contributed by atoms with Crippen molar-refractivity contribution in [2.24, 2.45) is 5.92 Å². The monoisotopic (exact) mass is 456 g/mol. The van der Waals surface area contributed by atoms with Crippen LogP contribution in [0.5, 0.6) is 0 Å². The number of carbonyl (C=O) groups excluding carboxylic acids is 2. The molecule has 0 aliphatic carbocycles. The summed E-state index contributed by atoms with van der Waals surface area (Å²) in [7, 11) is 0. The number of nitrogens with one attached hydrogen (secondary N) is 3. The summed E-state index contributed by atoms with van der Waals surface area (Å²) in [5.74, 6) is -0.0346. The van der Waals surface area contributed by atoms with Gasteiger partial charge < -0.3 is 10.6 Å². The second-order valence-corrected chi connectivity index (χ2v) is 7.84. The van der Waals surface area contributed by atoms with E-state index in [1.54, 1.807) is 45.0 Å². The molecule has 1 aromatic heterocycles. The van der Waals surface area contributed by atoms with Gasteiger partial charge in [0, 0.05) is 22.9 Å². The van der Waals surface area contributed by atoms with Crippen LogP contribution < -0.4 is 10.6 Å². The lowest BCUT2D eigenvalue weighted by Crippen LogP contribution is -2.47. The highest BCUT2D eigenvalue weighted by atomic mass is 35.5. The number of hydrogen-bond donors (Lipinski definition) is 3. The lowest BCUT2D eigenvalue weighted by atomic mass is 10.0. The molecule has 0 saturated carbocycles. The molecule has 1 heterocycles. The van der Waals surface area contributed by atoms with Crippen LogP contribution in [0.4, 0.5) is 11.4 Å². The zero-order chi connectivity index (χ0) is 23.4. The Bertz CT molecular complexity index is 1160. The third-order valence-corrected chi connectivity index (χ3v) is 4.97. The van der Waals surface area contributed by atoms with Crippen LogP contribution in [-0.4, -0.2) is 38.0 Å². The fourth-order valence-corrected chi connectivity index (χ4v) is 3.13. The lowest BCUT2D eigenvalue weighted by Gasteiger charge is -2.22. The molecule has 0 radical (unpaired) electrons. The number of nitro benzene ring substituents is 1. The zero-order valence-electron chi connectivity index (χ0n) is 17.5. The number of aryl methyl sites for hydroxylation is 1. The van der Waals surface area contributed by atoms with Gasteiger partial charge in [-0.25, -0.2) is 4.98 Å². The molecule has 0 aliphatic heterocycles. The van der Waals surface area contributed by atoms with Crippen LogP contribution in [0, 0.1) is 23.0 Å². The maximum Gasteiger partial charge on any atom is 0.288 e. The number of carbonyl (C=O) groups is 2. The summed E-state index contributed by atoms with van der Waals surface area (Å²) in [6.07, 6.45) is 0. The molecule has 0 spiro atoms. The third-order valence-electron chi connectivity index (χ3n) is 4.65. The maximum atomic E-state index is 12.8. The molecule has 2 amide bonds. The smallest absolute Gasteiger partial charge is 0.288 e. The van der Waals surface area contributed by atoms with E-state index < -0.39 is 22.8 Å². The van der Waals surface area contributed by atoms with Gasteiger partial charge in [0.05, 0.1) is 4.92 Å². The van der Waals surface area contributed by atoms with E-state index in [9.17, 15) is 19.7 Å². The first-order valence-corrected chi connectivity index (χ1v) is 10.1. The van der Waals surface area contributed by atoms with E-state index in [2.05, 4.69) is 25.8 Å². The Morgan fingerprint density at radius 3 is 2.41 bits per heavy atom. The predicted octanol–water partition coefficient (Wildman–Crippen LogP) is 3.73. The number of nitro groups is 1. The van der Waals surface area contributed by atoms with E-state index >= 15 is 0 Å². The highest BCUT2D eigenvalue weighted by Gasteiger charge is 2.26. The minimum absolute atomic E-state index is 0.0331. The average molecular weight is 457 g/mol. The van der Waals surface area contributed by atoms with E-state index in [0.717, 1.165) is 11.6 Å². The molecule has 0 aliphatic rings. The molecule has 0 bridgehead atoms. The van der Waals surface area contributed by atoms with Crippen LogP contribution in [0.2, 0.25) is 5.02 Å². The van der Waals surface area contributed by atoms with Crippen molar-refractivity contribution in [3.05, 3.63) is 69.0 Å². The highest BCUT2D eigenvalue weighted by molar-refractivity contribution is 6.32. The Labute approximate surface area is 188 Å². The van der Waals surface area contributed by atoms with Crippen LogP contribution >= 0.6 is 11.6 Å². The quantitative estimate of drug-likeness (QED) is 0.365. The van der Waals surface area contributed by atoms with Gasteiger partial charge in [0.2, 0.25) is 5.91 Å². The molecule has 3 aromatic rings. The Balaban J connectivity index is 1.71. The molecule has 1 unspecified atom stereocenters. The second-order valence-electron chi connectivity index (χ2n) is 7.43. The van der Waals surface area contributed by atoms with Crippen LogP contribution in [0.25, 0.3) is 11.4 Å². The molecule has 166 valence electrons. The van der Waals surface area contributed by atoms with Gasteiger partial charge in [-0.2, -0.15) is 5.10 Å². The van der Waals surface area contributed by atoms with Crippen LogP contribution in [0.3, 0.4) is 0 Å². The first-order chi connectivity index (χ1) is 15.2. The number of benzene rings is 2. The Morgan fingerprint density at radius 2 is 1.84 bits per heavy atom. The van der Waals surface area contributed by atoms with Crippen molar-refractivity contribution in [1.82, 2.24) is 20.5 Å². The fraction of sp³-hybridized carbons (Fsp3) is 0.238. The van der Waals surface area contributed by atoms with Gasteiger partial charge in [0.1, 0.15) is 16.9 Å². The largest absolute Gasteiger partial charge is 0.340 e. The van der Waals surface area contributed by atoms with Crippen molar-refractivity contribution >= 4 is 34.8 Å². The normalized spacial score (nSPS) is 11.8. The highest BCUT2D eigenvalue weighted by Crippen LogP contribution is 2.25. The molecule has 0 fully saturated rings. The minimum atomic E-state index is -0.868. The predicted molar refractivity (Wildman–Crippen MR) is 119 cm³/mol. The molecular weight excluding hydrogens is 436 g/mol. The number of nitrogens with zero attached hydrogens (tertiary/aromatic N) is 3. The summed E-state index contributed by atoms with van der Waals surface area (Å²) in [6, 6.07) is 9.81. The van der Waals surface area contributed by atoms with Crippen molar-refractivity contribution in [3.8, 4) is 11.4 Å². The molecule has 3 N–H and O–H groups in total. The topological polar surface area (TPSA) is 143 Å². The maximum absolute atomic E-state index is 12.8. The standard InChI is InChI=1S/C21H21ClN6O4/c1-11(2)18(25-20(29)14-6-9-16(22)17(10-14)28(31)32)21(30)24-15-7-4-13(5-8-15)19-23-12(3)26-27-19/h4-11,18H,1-3H3,(H,24,30)(H,25,29)(H,23,26,27). The van der Waals surface area contributed by atoms with Gasteiger partial charge >= 0.3 is 0 Å². The van der Waals surface area contributed by atoms with Gasteiger partial charge in [-0.15, -0.1) is 0 Å². The molecule has 1 atom stereocenters. The molecular formula is C21H21ClN6O4. The summed E-state index contributed by atoms with van der Waals surface area (Å²) < 4.78 is 0. The van der Waals surface area contributed by atoms with E-state index in [1.807, 2.05) is 0 Å². The lowest BCUT2D eigenvalue weighted by molar-refractivity contribution is -0.384. The summed E-state index contributed by atoms with van der Waals surface area (Å²) >= 11 is 5.80. The zero-order valence-corrected chi connectivity index (χ0v) is 18.3. The molecule has 3 rings (SSSR count). The van der Waals surface area contributed by atoms with E-state index in [4.69, 9.17) is 11.6 Å². The van der Waals surface area contributed by atoms with Crippen LogP contribution in [0.1, 0.15) is 30.0 Å². The summed E-state index contributed by atoms with van der Waals surface area (Å²) in [4.78, 5) is 40.1. The van der Waals surface area contributed by atoms with E-state index in [0.29, 0.717) is 17.3 Å². The number of H-pyrrole nitrogens is 1. The summed E-state index contributed by atoms with van der Waals surface area (Å²) in [5.41, 5.74) is 0.968. The Hall–Kier alpha value is -3.79. The SMILES string of the molecule is Cc1nc(-c2ccc(NC(=O)C(NC(=O)c3ccc(Cl)c([N+](=O)[O-])c3)C(C)C)cc2)n[nH]1. The number of halogens is 1. The van der Waals surface area contributed by atoms with Crippen molar-refractivity contribution in [2.45, 2.75) is 26.8 Å². The minimum Gasteiger partial charge on any atom is -0.340 e. The fourth-order valence-electron chi connectivity index (χ4n) is 2.95. The number of rotatable bonds is 7. The second kappa shape index (κ2) is 9.56. The number of aromatic amines is 1. The Kier molecular flexibility index (Phi) is 6.84. The van der Waals surface area contributed by atoms with Crippen LogP contribution in [-0.2, 0) is 4.79 Å². The number of anilines is 1. The first kappa shape index (κ1) is 22.9. The van der Waals surface area contributed by atoms with E-state index in [1.165, 1.54) is 12.1 Å². The van der Waals surface area contributed by atoms with Gasteiger partial charge in [0.15, 0.2) is 5.82 Å². The number of amides is 2. The molecule has 10 nitrogen and oxygen atoms in total. The van der Waals surface area contributed by atoms with Crippen molar-refractivity contribution in [1.29, 1.82) is 0 Å². The summed E-state index contributed by atoms with van der Waals surface area (Å²) in [5, 5.41) is 23.3. The van der Waals surface area contributed by atoms with Crippen LogP contribution in [0.15, 0.2) is 42.5 Å². The van der Waals surface area contributed by atoms with Gasteiger partial charge in [-0.3, -0.25) is 24.8 Å². The van der Waals surface area contributed by atoms with Crippen molar-refractivity contribution in [2.75, 3.05) is 5.32 Å². The molecule has 0 saturated heterocycles. The first-order valence-electron chi connectivity index (χ1n) is 9.71. The molecule has 32 heavy (non-hydrogen) atoms. The van der Waals surface area contributed by atoms with Gasteiger partial charge in [-0.1, -0.05) is 25.4 Å². The van der Waals surface area contributed by atoms with Gasteiger partial charge in [0.25, 0.3) is 11.6 Å². The summed E-state index contributed by atoms with van der Waals surface area (Å²) in [6.45, 7) is 5.36. The van der Waals surface area contributed by atoms with Gasteiger partial charge in [-0.05, 0) is 49.2 Å². The third kappa shape index (κ3) is 5.27. The molecule has 11 heteroatoms. The number of hydrogen-bond acceptors (Lipinski definition) is 6. The molecule has 2 aromatic carbocycles.